The molecule has 0 aromatic heterocycles. The Hall–Kier alpha value is -0.786. The Labute approximate surface area is 196 Å². The summed E-state index contributed by atoms with van der Waals surface area (Å²) in [4.78, 5) is 28.9. The smallest absolute Gasteiger partial charge is 0.337 e. The third-order valence-electron chi connectivity index (χ3n) is 6.80. The Morgan fingerprint density at radius 2 is 0.875 bits per heavy atom. The first-order chi connectivity index (χ1) is 15.4. The zero-order chi connectivity index (χ0) is 23.5. The number of carbonyl (C=O) groups is 2. The average molecular weight is 489 g/mol. The molecule has 32 heavy (non-hydrogen) atoms. The summed E-state index contributed by atoms with van der Waals surface area (Å²) in [6.07, 6.45) is 2.36. The molecule has 2 aliphatic rings. The minimum Gasteiger partial charge on any atom is -0.392 e. The van der Waals surface area contributed by atoms with Gasteiger partial charge in [0, 0.05) is 39.0 Å². The second-order valence-corrected chi connectivity index (χ2v) is 16.2. The quantitative estimate of drug-likeness (QED) is 0.366. The lowest BCUT2D eigenvalue weighted by Crippen LogP contribution is -2.49. The van der Waals surface area contributed by atoms with E-state index < -0.39 is 17.1 Å². The molecule has 8 nitrogen and oxygen atoms in total. The molecule has 0 saturated carbocycles. The molecule has 0 aliphatic carbocycles. The lowest BCUT2D eigenvalue weighted by Gasteiger charge is -2.34. The van der Waals surface area contributed by atoms with Gasteiger partial charge in [-0.1, -0.05) is 27.7 Å². The number of carbonyl (C=O) groups excluding carboxylic acids is 2. The second-order valence-electron chi connectivity index (χ2n) is 8.60. The number of unbranched alkanes of at least 4 members (excludes halogenated alkanes) is 1. The van der Waals surface area contributed by atoms with Gasteiger partial charge in [-0.2, -0.15) is 0 Å². The molecule has 0 bridgehead atoms. The largest absolute Gasteiger partial charge is 0.392 e. The molecule has 2 aliphatic heterocycles. The van der Waals surface area contributed by atoms with Crippen LogP contribution in [0.5, 0.6) is 0 Å². The van der Waals surface area contributed by atoms with Gasteiger partial charge in [0.05, 0.1) is 26.4 Å². The highest BCUT2D eigenvalue weighted by molar-refractivity contribution is 6.67. The van der Waals surface area contributed by atoms with Gasteiger partial charge in [0.2, 0.25) is 11.8 Å². The van der Waals surface area contributed by atoms with Gasteiger partial charge in [-0.3, -0.25) is 9.59 Å². The van der Waals surface area contributed by atoms with Crippen LogP contribution in [0.25, 0.3) is 0 Å². The van der Waals surface area contributed by atoms with Gasteiger partial charge in [0.25, 0.3) is 0 Å². The molecule has 186 valence electrons. The van der Waals surface area contributed by atoms with Crippen molar-refractivity contribution in [2.24, 2.45) is 0 Å². The molecular formula is C22H44N2O6Si2. The van der Waals surface area contributed by atoms with Crippen LogP contribution in [0.15, 0.2) is 0 Å². The number of amides is 2. The van der Waals surface area contributed by atoms with Gasteiger partial charge in [0.1, 0.15) is 0 Å². The average Bonchev–Trinajstić information content (AvgIpc) is 2.77. The zero-order valence-corrected chi connectivity index (χ0v) is 22.7. The molecule has 10 heteroatoms. The van der Waals surface area contributed by atoms with Crippen molar-refractivity contribution in [1.29, 1.82) is 0 Å². The highest BCUT2D eigenvalue weighted by atomic mass is 28.4. The van der Waals surface area contributed by atoms with E-state index in [4.69, 9.17) is 17.7 Å². The Morgan fingerprint density at radius 1 is 0.594 bits per heavy atom. The van der Waals surface area contributed by atoms with Gasteiger partial charge < -0.3 is 27.5 Å². The second kappa shape index (κ2) is 13.8. The maximum atomic E-state index is 12.6. The summed E-state index contributed by atoms with van der Waals surface area (Å²) in [5, 5.41) is 0. The van der Waals surface area contributed by atoms with E-state index in [1.807, 2.05) is 9.80 Å². The summed E-state index contributed by atoms with van der Waals surface area (Å²) < 4.78 is 24.3. The van der Waals surface area contributed by atoms with Crippen molar-refractivity contribution in [3.05, 3.63) is 0 Å². The Kier molecular flexibility index (Phi) is 11.8. The fraction of sp³-hybridized carbons (Fsp3) is 0.909. The normalized spacial score (nSPS) is 21.9. The monoisotopic (exact) mass is 488 g/mol. The predicted octanol–water partition coefficient (Wildman–Crippen LogP) is 3.26. The summed E-state index contributed by atoms with van der Waals surface area (Å²) in [7, 11) is -4.11. The maximum absolute atomic E-state index is 12.6. The summed E-state index contributed by atoms with van der Waals surface area (Å²) in [5.74, 6) is 0.251. The van der Waals surface area contributed by atoms with Crippen LogP contribution in [-0.4, -0.2) is 91.3 Å². The molecule has 0 unspecified atom stereocenters. The molecule has 0 radical (unpaired) electrons. The topological polar surface area (TPSA) is 77.5 Å². The van der Waals surface area contributed by atoms with Crippen LogP contribution < -0.4 is 0 Å². The van der Waals surface area contributed by atoms with Gasteiger partial charge in [-0.05, 0) is 37.0 Å². The van der Waals surface area contributed by atoms with Crippen molar-refractivity contribution < 1.29 is 27.3 Å². The van der Waals surface area contributed by atoms with Crippen LogP contribution in [0.3, 0.4) is 0 Å². The van der Waals surface area contributed by atoms with Crippen molar-refractivity contribution >= 4 is 28.9 Å². The first kappa shape index (κ1) is 27.5. The highest BCUT2D eigenvalue weighted by Gasteiger charge is 2.36. The molecule has 0 aromatic carbocycles. The molecule has 2 rings (SSSR count). The van der Waals surface area contributed by atoms with E-state index in [1.165, 1.54) is 0 Å². The minimum atomic E-state index is -2.05. The van der Waals surface area contributed by atoms with Crippen molar-refractivity contribution in [1.82, 2.24) is 9.80 Å². The van der Waals surface area contributed by atoms with Crippen LogP contribution in [0.2, 0.25) is 24.2 Å². The molecule has 0 aromatic rings. The maximum Gasteiger partial charge on any atom is 0.337 e. The van der Waals surface area contributed by atoms with E-state index >= 15 is 0 Å². The third-order valence-corrected chi connectivity index (χ3v) is 14.0. The highest BCUT2D eigenvalue weighted by Crippen LogP contribution is 2.21. The SMILES string of the molecule is CC[Si]1(CC)OCCN(C(=O)CCCCC(=O)N2CCO[Si](CC)(CC)OCC2)CCO1. The van der Waals surface area contributed by atoms with Crippen molar-refractivity contribution in [2.45, 2.75) is 77.6 Å². The summed E-state index contributed by atoms with van der Waals surface area (Å²) in [6.45, 7) is 13.2. The molecule has 2 saturated heterocycles. The molecular weight excluding hydrogens is 444 g/mol. The predicted molar refractivity (Wildman–Crippen MR) is 129 cm³/mol. The fourth-order valence-corrected chi connectivity index (χ4v) is 9.01. The lowest BCUT2D eigenvalue weighted by molar-refractivity contribution is -0.134. The first-order valence-electron chi connectivity index (χ1n) is 12.5. The Bertz CT molecular complexity index is 513. The number of nitrogens with zero attached hydrogens (tertiary/aromatic N) is 2. The van der Waals surface area contributed by atoms with Crippen LogP contribution >= 0.6 is 0 Å². The molecule has 2 heterocycles. The van der Waals surface area contributed by atoms with Crippen LogP contribution in [0.4, 0.5) is 0 Å². The van der Waals surface area contributed by atoms with E-state index in [0.29, 0.717) is 78.3 Å². The molecule has 2 fully saturated rings. The van der Waals surface area contributed by atoms with Gasteiger partial charge in [-0.25, -0.2) is 0 Å². The first-order valence-corrected chi connectivity index (χ1v) is 17.0. The van der Waals surface area contributed by atoms with Crippen LogP contribution in [-0.2, 0) is 27.3 Å². The summed E-state index contributed by atoms with van der Waals surface area (Å²) in [5.41, 5.74) is 0. The summed E-state index contributed by atoms with van der Waals surface area (Å²) >= 11 is 0. The van der Waals surface area contributed by atoms with E-state index in [-0.39, 0.29) is 11.8 Å². The zero-order valence-electron chi connectivity index (χ0n) is 20.7. The molecule has 0 N–H and O–H groups in total. The molecule has 0 spiro atoms. The Morgan fingerprint density at radius 3 is 1.12 bits per heavy atom. The number of hydrogen-bond donors (Lipinski definition) is 0. The van der Waals surface area contributed by atoms with Crippen molar-refractivity contribution in [2.75, 3.05) is 52.6 Å². The number of hydrogen-bond acceptors (Lipinski definition) is 6. The van der Waals surface area contributed by atoms with Gasteiger partial charge >= 0.3 is 17.1 Å². The standard InChI is InChI=1S/C22H44N2O6Si2/c1-5-31(6-2)27-17-13-23(14-18-28-31)21(25)11-9-10-12-22(26)24-15-19-29-32(7-3,8-4)30-20-16-24/h5-20H2,1-4H3. The van der Waals surface area contributed by atoms with Crippen LogP contribution in [0.1, 0.15) is 53.4 Å². The van der Waals surface area contributed by atoms with E-state index in [2.05, 4.69) is 27.7 Å². The summed E-state index contributed by atoms with van der Waals surface area (Å²) in [6, 6.07) is 3.78. The van der Waals surface area contributed by atoms with E-state index in [0.717, 1.165) is 24.2 Å². The van der Waals surface area contributed by atoms with Crippen LogP contribution in [0, 0.1) is 0 Å². The van der Waals surface area contributed by atoms with Crippen molar-refractivity contribution in [3.63, 3.8) is 0 Å². The Balaban J connectivity index is 1.66. The van der Waals surface area contributed by atoms with Gasteiger partial charge in [-0.15, -0.1) is 0 Å². The molecule has 0 atom stereocenters. The van der Waals surface area contributed by atoms with E-state index in [9.17, 15) is 9.59 Å². The molecule has 2 amide bonds. The third kappa shape index (κ3) is 7.91. The van der Waals surface area contributed by atoms with E-state index in [1.54, 1.807) is 0 Å². The minimum absolute atomic E-state index is 0.125. The van der Waals surface area contributed by atoms with Gasteiger partial charge in [0.15, 0.2) is 0 Å². The van der Waals surface area contributed by atoms with Crippen molar-refractivity contribution in [3.8, 4) is 0 Å². The lowest BCUT2D eigenvalue weighted by atomic mass is 10.1. The number of rotatable bonds is 9. The fourth-order valence-electron chi connectivity index (χ4n) is 4.36.